The van der Waals surface area contributed by atoms with Gasteiger partial charge in [0.05, 0.1) is 17.0 Å². The minimum atomic E-state index is -0.354. The van der Waals surface area contributed by atoms with Gasteiger partial charge in [-0.2, -0.15) is 5.26 Å². The van der Waals surface area contributed by atoms with Gasteiger partial charge in [0.25, 0.3) is 5.91 Å². The number of aryl methyl sites for hydroxylation is 2. The molecule has 0 atom stereocenters. The average Bonchev–Trinajstić information content (AvgIpc) is 3.30. The van der Waals surface area contributed by atoms with Crippen LogP contribution in [0.2, 0.25) is 0 Å². The number of nitriles is 1. The summed E-state index contributed by atoms with van der Waals surface area (Å²) in [6, 6.07) is 21.1. The number of carbonyl (C=O) groups excluding carboxylic acids is 1. The van der Waals surface area contributed by atoms with Gasteiger partial charge in [0, 0.05) is 5.69 Å². The van der Waals surface area contributed by atoms with Crippen molar-refractivity contribution in [1.82, 2.24) is 5.16 Å². The van der Waals surface area contributed by atoms with E-state index in [4.69, 9.17) is 9.78 Å². The molecule has 5 nitrogen and oxygen atoms in total. The molecule has 35 heavy (non-hydrogen) atoms. The highest BCUT2D eigenvalue weighted by atomic mass is 16.5. The summed E-state index contributed by atoms with van der Waals surface area (Å²) in [5.74, 6) is 0.531. The van der Waals surface area contributed by atoms with Crippen molar-refractivity contribution in [1.29, 1.82) is 5.26 Å². The molecule has 4 aromatic rings. The van der Waals surface area contributed by atoms with Gasteiger partial charge in [0.2, 0.25) is 0 Å². The van der Waals surface area contributed by atoms with Crippen molar-refractivity contribution in [2.45, 2.75) is 54.9 Å². The Hall–Kier alpha value is -3.91. The van der Waals surface area contributed by atoms with E-state index in [9.17, 15) is 4.79 Å². The van der Waals surface area contributed by atoms with Crippen LogP contribution >= 0.6 is 0 Å². The lowest BCUT2D eigenvalue weighted by atomic mass is 10.0. The first-order valence-electron chi connectivity index (χ1n) is 12.1. The van der Waals surface area contributed by atoms with Gasteiger partial charge >= 0.3 is 0 Å². The van der Waals surface area contributed by atoms with E-state index in [1.54, 1.807) is 18.2 Å². The molecule has 0 radical (unpaired) electrons. The van der Waals surface area contributed by atoms with Crippen LogP contribution in [0.1, 0.15) is 68.2 Å². The lowest BCUT2D eigenvalue weighted by Crippen LogP contribution is -2.13. The first-order valence-corrected chi connectivity index (χ1v) is 12.1. The summed E-state index contributed by atoms with van der Waals surface area (Å²) in [4.78, 5) is 12.8. The molecule has 1 amide bonds. The molecule has 0 saturated carbocycles. The zero-order valence-electron chi connectivity index (χ0n) is 21.8. The highest BCUT2D eigenvalue weighted by Crippen LogP contribution is 2.28. The largest absolute Gasteiger partial charge is 0.355 e. The number of hydrogen-bond acceptors (Lipinski definition) is 4. The van der Waals surface area contributed by atoms with Crippen LogP contribution in [0.3, 0.4) is 0 Å². The summed E-state index contributed by atoms with van der Waals surface area (Å²) in [5, 5.41) is 16.5. The fraction of sp³-hybridized carbons (Fsp3) is 0.300. The Bertz CT molecular complexity index is 1310. The predicted molar refractivity (Wildman–Crippen MR) is 145 cm³/mol. The monoisotopic (exact) mass is 469 g/mol. The normalized spacial score (nSPS) is 10.0. The molecule has 0 spiro atoms. The minimum absolute atomic E-state index is 0.230. The van der Waals surface area contributed by atoms with Crippen LogP contribution in [-0.2, 0) is 0 Å². The topological polar surface area (TPSA) is 78.9 Å². The van der Waals surface area contributed by atoms with E-state index >= 15 is 0 Å². The van der Waals surface area contributed by atoms with Crippen LogP contribution in [0.5, 0.6) is 0 Å². The van der Waals surface area contributed by atoms with E-state index < -0.39 is 0 Å². The summed E-state index contributed by atoms with van der Waals surface area (Å²) in [6.45, 7) is 14.5. The second-order valence-corrected chi connectivity index (χ2v) is 8.51. The van der Waals surface area contributed by atoms with Gasteiger partial charge in [-0.15, -0.1) is 0 Å². The molecule has 0 fully saturated rings. The number of nitrogens with one attached hydrogen (secondary N) is 1. The van der Waals surface area contributed by atoms with E-state index in [1.165, 1.54) is 6.42 Å². The van der Waals surface area contributed by atoms with Crippen molar-refractivity contribution in [3.8, 4) is 17.2 Å². The lowest BCUT2D eigenvalue weighted by Gasteiger charge is -2.07. The molecule has 3 aromatic carbocycles. The minimum Gasteiger partial charge on any atom is -0.355 e. The maximum Gasteiger partial charge on any atom is 0.278 e. The number of benzene rings is 3. The van der Waals surface area contributed by atoms with Gasteiger partial charge in [-0.25, -0.2) is 0 Å². The highest BCUT2D eigenvalue weighted by molar-refractivity contribution is 6.11. The molecule has 0 saturated heterocycles. The summed E-state index contributed by atoms with van der Waals surface area (Å²) >= 11 is 0. The van der Waals surface area contributed by atoms with Gasteiger partial charge < -0.3 is 9.84 Å². The van der Waals surface area contributed by atoms with E-state index in [2.05, 4.69) is 43.4 Å². The number of aromatic nitrogens is 1. The van der Waals surface area contributed by atoms with E-state index in [-0.39, 0.29) is 11.6 Å². The second kappa shape index (κ2) is 13.1. The summed E-state index contributed by atoms with van der Waals surface area (Å²) in [7, 11) is 0. The predicted octanol–water partition coefficient (Wildman–Crippen LogP) is 8.31. The number of fused-ring (bicyclic) bond motifs is 1. The highest BCUT2D eigenvalue weighted by Gasteiger charge is 2.18. The standard InChI is InChI=1S/C23H17N3O2.C5H12.C2H6/c1-14-4-3-5-17(10-14)18-7-9-21-19(12-18)22(26-28-21)23(27)25-20-8-6-16(13-24)11-15(20)2;1-4-5(2)3;1-2/h3-12H,1-2H3,(H,25,27);5H,4H2,1-3H3;1-2H3. The molecule has 0 aliphatic rings. The number of nitrogens with zero attached hydrogens (tertiary/aromatic N) is 2. The fourth-order valence-corrected chi connectivity index (χ4v) is 3.16. The maximum absolute atomic E-state index is 12.8. The Labute approximate surface area is 208 Å². The maximum atomic E-state index is 12.8. The molecule has 4 rings (SSSR count). The molecule has 0 aliphatic carbocycles. The number of amides is 1. The van der Waals surface area contributed by atoms with Gasteiger partial charge in [-0.1, -0.05) is 82.1 Å². The van der Waals surface area contributed by atoms with Gasteiger partial charge in [-0.05, 0) is 66.8 Å². The lowest BCUT2D eigenvalue weighted by molar-refractivity contribution is 0.102. The Morgan fingerprint density at radius 3 is 2.31 bits per heavy atom. The molecule has 0 bridgehead atoms. The number of carbonyl (C=O) groups is 1. The molecule has 1 aromatic heterocycles. The van der Waals surface area contributed by atoms with Crippen molar-refractivity contribution in [2.24, 2.45) is 5.92 Å². The Morgan fingerprint density at radius 1 is 1.03 bits per heavy atom. The summed E-state index contributed by atoms with van der Waals surface area (Å²) in [6.07, 6.45) is 1.31. The van der Waals surface area contributed by atoms with Crippen LogP contribution in [0.25, 0.3) is 22.1 Å². The molecular weight excluding hydrogens is 434 g/mol. The first kappa shape index (κ1) is 27.3. The molecule has 1 N–H and O–H groups in total. The smallest absolute Gasteiger partial charge is 0.278 e. The van der Waals surface area contributed by atoms with Crippen molar-refractivity contribution >= 4 is 22.6 Å². The third kappa shape index (κ3) is 7.28. The van der Waals surface area contributed by atoms with Crippen molar-refractivity contribution in [3.05, 3.63) is 83.0 Å². The molecule has 182 valence electrons. The third-order valence-electron chi connectivity index (χ3n) is 5.46. The zero-order valence-corrected chi connectivity index (χ0v) is 21.8. The van der Waals surface area contributed by atoms with Crippen LogP contribution < -0.4 is 5.32 Å². The molecule has 5 heteroatoms. The SMILES string of the molecule is CC.CCC(C)C.Cc1cccc(-c2ccc3onc(C(=O)Nc4ccc(C#N)cc4C)c3c2)c1. The third-order valence-corrected chi connectivity index (χ3v) is 5.46. The fourth-order valence-electron chi connectivity index (χ4n) is 3.16. The van der Waals surface area contributed by atoms with Crippen molar-refractivity contribution in [2.75, 3.05) is 5.32 Å². The van der Waals surface area contributed by atoms with Crippen molar-refractivity contribution < 1.29 is 9.32 Å². The van der Waals surface area contributed by atoms with Crippen LogP contribution in [0, 0.1) is 31.1 Å². The zero-order chi connectivity index (χ0) is 26.0. The quantitative estimate of drug-likeness (QED) is 0.326. The summed E-state index contributed by atoms with van der Waals surface area (Å²) in [5.41, 5.74) is 5.99. The second-order valence-electron chi connectivity index (χ2n) is 8.51. The Balaban J connectivity index is 0.000000551. The first-order chi connectivity index (χ1) is 16.8. The van der Waals surface area contributed by atoms with E-state index in [0.717, 1.165) is 28.2 Å². The van der Waals surface area contributed by atoms with Crippen LogP contribution in [0.15, 0.2) is 65.2 Å². The number of hydrogen-bond donors (Lipinski definition) is 1. The van der Waals surface area contributed by atoms with Crippen molar-refractivity contribution in [3.63, 3.8) is 0 Å². The Kier molecular flexibility index (Phi) is 10.2. The van der Waals surface area contributed by atoms with Crippen LogP contribution in [-0.4, -0.2) is 11.1 Å². The van der Waals surface area contributed by atoms with Gasteiger partial charge in [0.1, 0.15) is 0 Å². The molecule has 0 unspecified atom stereocenters. The average molecular weight is 470 g/mol. The molecule has 1 heterocycles. The van der Waals surface area contributed by atoms with E-state index in [0.29, 0.717) is 22.2 Å². The Morgan fingerprint density at radius 2 is 1.71 bits per heavy atom. The number of rotatable bonds is 4. The summed E-state index contributed by atoms with van der Waals surface area (Å²) < 4.78 is 5.34. The van der Waals surface area contributed by atoms with Crippen LogP contribution in [0.4, 0.5) is 5.69 Å². The van der Waals surface area contributed by atoms with Gasteiger partial charge in [0.15, 0.2) is 11.3 Å². The van der Waals surface area contributed by atoms with Gasteiger partial charge in [-0.3, -0.25) is 4.79 Å². The molecule has 0 aliphatic heterocycles. The molecular formula is C30H35N3O2. The van der Waals surface area contributed by atoms with E-state index in [1.807, 2.05) is 64.1 Å². The number of anilines is 1.